The summed E-state index contributed by atoms with van der Waals surface area (Å²) in [6.45, 7) is 3.42. The number of nitrogens with one attached hydrogen (secondary N) is 1. The van der Waals surface area contributed by atoms with Crippen LogP contribution in [0.5, 0.6) is 0 Å². The van der Waals surface area contributed by atoms with Gasteiger partial charge in [-0.3, -0.25) is 4.79 Å². The average molecular weight is 268 g/mol. The van der Waals surface area contributed by atoms with E-state index in [0.717, 1.165) is 11.8 Å². The second kappa shape index (κ2) is 4.23. The van der Waals surface area contributed by atoms with Crippen molar-refractivity contribution in [2.45, 2.75) is 56.4 Å². The molecule has 0 aromatic heterocycles. The van der Waals surface area contributed by atoms with Gasteiger partial charge in [-0.25, -0.2) is 0 Å². The minimum absolute atomic E-state index is 0.215. The molecule has 0 unspecified atom stereocenters. The van der Waals surface area contributed by atoms with Crippen LogP contribution in [-0.2, 0) is 4.79 Å². The van der Waals surface area contributed by atoms with Crippen LogP contribution in [0.4, 0.5) is 0 Å². The third-order valence-electron chi connectivity index (χ3n) is 4.78. The minimum Gasteiger partial charge on any atom is -0.391 e. The lowest BCUT2D eigenvalue weighted by Crippen LogP contribution is -2.40. The Labute approximate surface area is 112 Å². The number of hydrogen-bond acceptors (Lipinski definition) is 4. The van der Waals surface area contributed by atoms with E-state index < -0.39 is 10.9 Å². The molecule has 2 aliphatic carbocycles. The highest BCUT2D eigenvalue weighted by Gasteiger charge is 2.47. The molecule has 100 valence electrons. The molecule has 1 aliphatic heterocycles. The summed E-state index contributed by atoms with van der Waals surface area (Å²) in [5, 5.41) is 13.9. The van der Waals surface area contributed by atoms with Crippen LogP contribution < -0.4 is 5.32 Å². The van der Waals surface area contributed by atoms with Crippen LogP contribution in [0.25, 0.3) is 0 Å². The van der Waals surface area contributed by atoms with Gasteiger partial charge in [0.05, 0.1) is 6.10 Å². The highest BCUT2D eigenvalue weighted by molar-refractivity contribution is 8.16. The Balaban J connectivity index is 1.65. The van der Waals surface area contributed by atoms with E-state index in [1.807, 2.05) is 0 Å². The molecule has 0 radical (unpaired) electrons. The molecule has 2 bridgehead atoms. The Morgan fingerprint density at radius 3 is 2.78 bits per heavy atom. The topological polar surface area (TPSA) is 61.7 Å². The first-order valence-electron chi connectivity index (χ1n) is 6.76. The lowest BCUT2D eigenvalue weighted by molar-refractivity contribution is -0.121. The van der Waals surface area contributed by atoms with Crippen molar-refractivity contribution in [2.24, 2.45) is 16.8 Å². The Bertz CT molecular complexity index is 410. The second-order valence-electron chi connectivity index (χ2n) is 6.03. The molecular formula is C13H20N2O2S. The average Bonchev–Trinajstić information content (AvgIpc) is 2.95. The van der Waals surface area contributed by atoms with Gasteiger partial charge in [0.25, 0.3) is 5.91 Å². The number of carbonyl (C=O) groups is 1. The molecule has 2 saturated carbocycles. The van der Waals surface area contributed by atoms with Gasteiger partial charge in [0.2, 0.25) is 0 Å². The molecule has 1 amide bonds. The number of aliphatic hydroxyl groups excluding tert-OH is 1. The SMILES string of the molecule is C[C@@H](O)[C@@]1(C)SC(N[C@H]2C[C@@H]3CC[C@H]2C3)=NC1=O. The smallest absolute Gasteiger partial charge is 0.267 e. The lowest BCUT2D eigenvalue weighted by Gasteiger charge is -2.26. The van der Waals surface area contributed by atoms with Crippen molar-refractivity contribution < 1.29 is 9.90 Å². The maximum absolute atomic E-state index is 11.9. The number of aliphatic imine (C=N–C) groups is 1. The molecule has 0 saturated heterocycles. The first-order chi connectivity index (χ1) is 8.49. The van der Waals surface area contributed by atoms with Crippen LogP contribution in [0.15, 0.2) is 4.99 Å². The summed E-state index contributed by atoms with van der Waals surface area (Å²) in [6.07, 6.45) is 4.54. The predicted octanol–water partition coefficient (Wildman–Crippen LogP) is 1.53. The minimum atomic E-state index is -0.806. The Morgan fingerprint density at radius 2 is 2.28 bits per heavy atom. The molecule has 2 fully saturated rings. The van der Waals surface area contributed by atoms with Crippen molar-refractivity contribution in [3.05, 3.63) is 0 Å². The maximum atomic E-state index is 11.9. The van der Waals surface area contributed by atoms with Crippen molar-refractivity contribution in [1.82, 2.24) is 5.32 Å². The third kappa shape index (κ3) is 1.88. The number of nitrogens with zero attached hydrogens (tertiary/aromatic N) is 1. The number of amidine groups is 1. The zero-order valence-electron chi connectivity index (χ0n) is 10.8. The summed E-state index contributed by atoms with van der Waals surface area (Å²) >= 11 is 1.38. The van der Waals surface area contributed by atoms with Gasteiger partial charge in [0, 0.05) is 6.04 Å². The van der Waals surface area contributed by atoms with Crippen LogP contribution in [0.1, 0.15) is 39.5 Å². The van der Waals surface area contributed by atoms with E-state index in [1.165, 1.54) is 37.4 Å². The molecule has 2 N–H and O–H groups in total. The molecule has 1 heterocycles. The number of amides is 1. The Hall–Kier alpha value is -0.550. The third-order valence-corrected chi connectivity index (χ3v) is 6.12. The molecule has 5 atom stereocenters. The van der Waals surface area contributed by atoms with Crippen LogP contribution in [0, 0.1) is 11.8 Å². The molecule has 0 aromatic carbocycles. The van der Waals surface area contributed by atoms with E-state index in [4.69, 9.17) is 0 Å². The van der Waals surface area contributed by atoms with Gasteiger partial charge in [-0.2, -0.15) is 4.99 Å². The number of aliphatic hydroxyl groups is 1. The summed E-state index contributed by atoms with van der Waals surface area (Å²) in [6, 6.07) is 0.485. The van der Waals surface area contributed by atoms with Crippen molar-refractivity contribution in [1.29, 1.82) is 0 Å². The zero-order valence-corrected chi connectivity index (χ0v) is 11.7. The zero-order chi connectivity index (χ0) is 12.9. The van der Waals surface area contributed by atoms with E-state index in [1.54, 1.807) is 13.8 Å². The van der Waals surface area contributed by atoms with Gasteiger partial charge >= 0.3 is 0 Å². The Morgan fingerprint density at radius 1 is 1.50 bits per heavy atom. The molecular weight excluding hydrogens is 248 g/mol. The molecule has 3 aliphatic rings. The number of rotatable bonds is 2. The molecule has 0 spiro atoms. The van der Waals surface area contributed by atoms with Crippen LogP contribution in [0.2, 0.25) is 0 Å². The fraction of sp³-hybridized carbons (Fsp3) is 0.846. The number of thioether (sulfide) groups is 1. The van der Waals surface area contributed by atoms with Gasteiger partial charge in [0.1, 0.15) is 4.75 Å². The summed E-state index contributed by atoms with van der Waals surface area (Å²) in [5.74, 6) is 1.42. The standard InChI is InChI=1S/C13H20N2O2S/c1-7(16)13(2)11(17)15-12(18-13)14-10-6-8-3-4-9(10)5-8/h7-10,16H,3-6H2,1-2H3,(H,14,15,17)/t7-,8-,9+,10+,13-/m1/s1. The summed E-state index contributed by atoms with van der Waals surface area (Å²) in [5.41, 5.74) is 0. The van der Waals surface area contributed by atoms with Crippen LogP contribution in [-0.4, -0.2) is 33.1 Å². The quantitative estimate of drug-likeness (QED) is 0.797. The summed E-state index contributed by atoms with van der Waals surface area (Å²) in [4.78, 5) is 16.0. The summed E-state index contributed by atoms with van der Waals surface area (Å²) < 4.78 is -0.806. The maximum Gasteiger partial charge on any atom is 0.267 e. The first-order valence-corrected chi connectivity index (χ1v) is 7.57. The fourth-order valence-electron chi connectivity index (χ4n) is 3.38. The lowest BCUT2D eigenvalue weighted by atomic mass is 9.96. The van der Waals surface area contributed by atoms with Crippen LogP contribution >= 0.6 is 11.8 Å². The molecule has 3 rings (SSSR count). The molecule has 0 aromatic rings. The normalized spacial score (nSPS) is 44.3. The van der Waals surface area contributed by atoms with Gasteiger partial charge < -0.3 is 10.4 Å². The van der Waals surface area contributed by atoms with E-state index in [2.05, 4.69) is 10.3 Å². The largest absolute Gasteiger partial charge is 0.391 e. The number of hydrogen-bond donors (Lipinski definition) is 2. The summed E-state index contributed by atoms with van der Waals surface area (Å²) in [7, 11) is 0. The Kier molecular flexibility index (Phi) is 2.94. The molecule has 5 heteroatoms. The van der Waals surface area contributed by atoms with Gasteiger partial charge in [-0.05, 0) is 44.9 Å². The van der Waals surface area contributed by atoms with E-state index >= 15 is 0 Å². The highest BCUT2D eigenvalue weighted by atomic mass is 32.2. The van der Waals surface area contributed by atoms with Gasteiger partial charge in [0.15, 0.2) is 5.17 Å². The van der Waals surface area contributed by atoms with Crippen molar-refractivity contribution in [3.8, 4) is 0 Å². The van der Waals surface area contributed by atoms with E-state index in [0.29, 0.717) is 11.2 Å². The van der Waals surface area contributed by atoms with Gasteiger partial charge in [-0.15, -0.1) is 0 Å². The fourth-order valence-corrected chi connectivity index (χ4v) is 4.42. The van der Waals surface area contributed by atoms with Gasteiger partial charge in [-0.1, -0.05) is 18.2 Å². The van der Waals surface area contributed by atoms with Crippen LogP contribution in [0.3, 0.4) is 0 Å². The molecule has 4 nitrogen and oxygen atoms in total. The van der Waals surface area contributed by atoms with Crippen molar-refractivity contribution >= 4 is 22.8 Å². The van der Waals surface area contributed by atoms with E-state index in [-0.39, 0.29) is 5.91 Å². The second-order valence-corrected chi connectivity index (χ2v) is 7.47. The van der Waals surface area contributed by atoms with Crippen molar-refractivity contribution in [3.63, 3.8) is 0 Å². The molecule has 18 heavy (non-hydrogen) atoms. The monoisotopic (exact) mass is 268 g/mol. The number of fused-ring (bicyclic) bond motifs is 2. The highest BCUT2D eigenvalue weighted by Crippen LogP contribution is 2.45. The first kappa shape index (κ1) is 12.5. The number of carbonyl (C=O) groups excluding carboxylic acids is 1. The predicted molar refractivity (Wildman–Crippen MR) is 72.5 cm³/mol. The van der Waals surface area contributed by atoms with E-state index in [9.17, 15) is 9.90 Å². The van der Waals surface area contributed by atoms with Crippen molar-refractivity contribution in [2.75, 3.05) is 0 Å².